The normalized spacial score (nSPS) is 11.0. The van der Waals surface area contributed by atoms with Crippen LogP contribution in [0.25, 0.3) is 0 Å². The minimum Gasteiger partial charge on any atom is -0.497 e. The van der Waals surface area contributed by atoms with Crippen LogP contribution in [0.3, 0.4) is 0 Å². The van der Waals surface area contributed by atoms with Crippen molar-refractivity contribution in [2.24, 2.45) is 0 Å². The largest absolute Gasteiger partial charge is 0.497 e. The first-order chi connectivity index (χ1) is 13.4. The number of hydrogen-bond acceptors (Lipinski definition) is 6. The maximum absolute atomic E-state index is 13.4. The minimum absolute atomic E-state index is 0.0654. The number of hydrogen-bond donors (Lipinski definition) is 1. The topological polar surface area (TPSA) is 94.2 Å². The molecule has 0 aromatic heterocycles. The molecule has 0 spiro atoms. The van der Waals surface area contributed by atoms with Gasteiger partial charge in [-0.1, -0.05) is 18.2 Å². The molecule has 0 bridgehead atoms. The van der Waals surface area contributed by atoms with Gasteiger partial charge in [0.25, 0.3) is 10.0 Å². The summed E-state index contributed by atoms with van der Waals surface area (Å²) in [4.78, 5) is 12.2. The number of nitrogens with zero attached hydrogens (tertiary/aromatic N) is 1. The third-order valence-corrected chi connectivity index (χ3v) is 5.71. The predicted molar refractivity (Wildman–Crippen MR) is 105 cm³/mol. The van der Waals surface area contributed by atoms with E-state index in [4.69, 9.17) is 14.2 Å². The molecule has 0 atom stereocenters. The summed E-state index contributed by atoms with van der Waals surface area (Å²) in [5, 5.41) is 2.63. The fourth-order valence-electron chi connectivity index (χ4n) is 2.49. The Morgan fingerprint density at radius 3 is 2.36 bits per heavy atom. The summed E-state index contributed by atoms with van der Waals surface area (Å²) in [6.45, 7) is 0.227. The smallest absolute Gasteiger partial charge is 0.268 e. The third-order valence-electron chi connectivity index (χ3n) is 3.90. The van der Waals surface area contributed by atoms with Crippen molar-refractivity contribution in [2.45, 2.75) is 4.90 Å². The van der Waals surface area contributed by atoms with Gasteiger partial charge in [0.1, 0.15) is 22.9 Å². The van der Waals surface area contributed by atoms with Crippen LogP contribution in [0.1, 0.15) is 0 Å². The minimum atomic E-state index is -4.09. The summed E-state index contributed by atoms with van der Waals surface area (Å²) in [7, 11) is 0.279. The number of nitrogens with one attached hydrogen (secondary N) is 1. The Balaban J connectivity index is 2.43. The van der Waals surface area contributed by atoms with Crippen molar-refractivity contribution < 1.29 is 27.4 Å². The first-order valence-corrected chi connectivity index (χ1v) is 9.93. The molecule has 0 saturated heterocycles. The van der Waals surface area contributed by atoms with Gasteiger partial charge in [-0.25, -0.2) is 8.42 Å². The quantitative estimate of drug-likeness (QED) is 0.601. The van der Waals surface area contributed by atoms with Gasteiger partial charge in [-0.15, -0.1) is 0 Å². The van der Waals surface area contributed by atoms with Crippen LogP contribution in [-0.2, 0) is 19.6 Å². The van der Waals surface area contributed by atoms with Gasteiger partial charge >= 0.3 is 0 Å². The van der Waals surface area contributed by atoms with E-state index in [0.717, 1.165) is 4.31 Å². The summed E-state index contributed by atoms with van der Waals surface area (Å²) in [5.41, 5.74) is 0.363. The maximum Gasteiger partial charge on any atom is 0.268 e. The lowest BCUT2D eigenvalue weighted by Gasteiger charge is -2.25. The molecule has 0 radical (unpaired) electrons. The van der Waals surface area contributed by atoms with Gasteiger partial charge in [0.15, 0.2) is 0 Å². The molecule has 152 valence electrons. The van der Waals surface area contributed by atoms with Crippen molar-refractivity contribution in [3.63, 3.8) is 0 Å². The van der Waals surface area contributed by atoms with E-state index in [1.165, 1.54) is 39.5 Å². The van der Waals surface area contributed by atoms with E-state index in [2.05, 4.69) is 5.32 Å². The van der Waals surface area contributed by atoms with Crippen LogP contribution in [-0.4, -0.2) is 55.4 Å². The van der Waals surface area contributed by atoms with Crippen molar-refractivity contribution in [2.75, 3.05) is 45.3 Å². The molecule has 8 nitrogen and oxygen atoms in total. The highest BCUT2D eigenvalue weighted by Gasteiger charge is 2.30. The second-order valence-electron chi connectivity index (χ2n) is 5.71. The van der Waals surface area contributed by atoms with E-state index in [1.807, 2.05) is 0 Å². The fraction of sp³-hybridized carbons (Fsp3) is 0.316. The van der Waals surface area contributed by atoms with Crippen molar-refractivity contribution in [3.8, 4) is 11.5 Å². The molecular formula is C19H24N2O6S. The number of carbonyl (C=O) groups excluding carboxylic acids is 1. The zero-order valence-corrected chi connectivity index (χ0v) is 16.9. The van der Waals surface area contributed by atoms with E-state index in [9.17, 15) is 13.2 Å². The Labute approximate surface area is 165 Å². The molecule has 0 unspecified atom stereocenters. The highest BCUT2D eigenvalue weighted by Crippen LogP contribution is 2.32. The molecule has 0 heterocycles. The molecule has 9 heteroatoms. The van der Waals surface area contributed by atoms with Gasteiger partial charge in [-0.3, -0.25) is 9.10 Å². The number of benzene rings is 2. The van der Waals surface area contributed by atoms with Gasteiger partial charge in [0.05, 0.1) is 26.5 Å². The summed E-state index contributed by atoms with van der Waals surface area (Å²) in [5.74, 6) is 0.136. The molecule has 0 aliphatic rings. The Hall–Kier alpha value is -2.78. The number of amides is 1. The van der Waals surface area contributed by atoms with Crippen molar-refractivity contribution in [3.05, 3.63) is 48.5 Å². The van der Waals surface area contributed by atoms with Gasteiger partial charge < -0.3 is 19.5 Å². The van der Waals surface area contributed by atoms with Crippen LogP contribution in [0, 0.1) is 0 Å². The number of ether oxygens (including phenoxy) is 3. The van der Waals surface area contributed by atoms with Crippen LogP contribution in [0.15, 0.2) is 53.4 Å². The highest BCUT2D eigenvalue weighted by atomic mass is 32.2. The molecule has 2 rings (SSSR count). The summed E-state index contributed by atoms with van der Waals surface area (Å²) in [6, 6.07) is 12.8. The second-order valence-corrected chi connectivity index (χ2v) is 7.54. The number of para-hydroxylation sites is 1. The zero-order chi connectivity index (χ0) is 20.6. The molecule has 0 aliphatic carbocycles. The van der Waals surface area contributed by atoms with Gasteiger partial charge in [-0.05, 0) is 24.3 Å². The van der Waals surface area contributed by atoms with E-state index in [-0.39, 0.29) is 23.7 Å². The average molecular weight is 408 g/mol. The molecule has 2 aromatic rings. The number of methoxy groups -OCH3 is 3. The first-order valence-electron chi connectivity index (χ1n) is 8.49. The van der Waals surface area contributed by atoms with Crippen LogP contribution in [0.5, 0.6) is 11.5 Å². The molecule has 0 aliphatic heterocycles. The second kappa shape index (κ2) is 9.95. The Kier molecular flexibility index (Phi) is 7.65. The SMILES string of the molecule is COCCNC(=O)CN(c1ccccc1)S(=O)(=O)c1ccc(OC)cc1OC. The first kappa shape index (κ1) is 21.5. The summed E-state index contributed by atoms with van der Waals surface area (Å²) < 4.78 is 43.1. The van der Waals surface area contributed by atoms with Crippen molar-refractivity contribution in [1.29, 1.82) is 0 Å². The summed E-state index contributed by atoms with van der Waals surface area (Å²) >= 11 is 0. The molecule has 0 fully saturated rings. The predicted octanol–water partition coefficient (Wildman–Crippen LogP) is 1.66. The van der Waals surface area contributed by atoms with Crippen molar-refractivity contribution in [1.82, 2.24) is 5.32 Å². The van der Waals surface area contributed by atoms with Gasteiger partial charge in [0, 0.05) is 19.7 Å². The van der Waals surface area contributed by atoms with Crippen LogP contribution >= 0.6 is 0 Å². The van der Waals surface area contributed by atoms with E-state index >= 15 is 0 Å². The molecule has 28 heavy (non-hydrogen) atoms. The lowest BCUT2D eigenvalue weighted by atomic mass is 10.3. The van der Waals surface area contributed by atoms with E-state index in [0.29, 0.717) is 18.0 Å². The number of sulfonamides is 1. The van der Waals surface area contributed by atoms with Gasteiger partial charge in [0.2, 0.25) is 5.91 Å². The average Bonchev–Trinajstić information content (AvgIpc) is 2.72. The Morgan fingerprint density at radius 2 is 1.75 bits per heavy atom. The monoisotopic (exact) mass is 408 g/mol. The van der Waals surface area contributed by atoms with Crippen LogP contribution < -0.4 is 19.1 Å². The molecule has 0 saturated carbocycles. The lowest BCUT2D eigenvalue weighted by molar-refractivity contribution is -0.119. The molecular weight excluding hydrogens is 384 g/mol. The number of carbonyl (C=O) groups is 1. The molecule has 1 amide bonds. The Bertz CT molecular complexity index is 887. The van der Waals surface area contributed by atoms with E-state index < -0.39 is 15.9 Å². The van der Waals surface area contributed by atoms with E-state index in [1.54, 1.807) is 30.3 Å². The number of anilines is 1. The number of rotatable bonds is 10. The van der Waals surface area contributed by atoms with Crippen LogP contribution in [0.2, 0.25) is 0 Å². The van der Waals surface area contributed by atoms with Crippen molar-refractivity contribution >= 4 is 21.6 Å². The Morgan fingerprint density at radius 1 is 1.04 bits per heavy atom. The molecule has 1 N–H and O–H groups in total. The third kappa shape index (κ3) is 5.14. The highest BCUT2D eigenvalue weighted by molar-refractivity contribution is 7.93. The van der Waals surface area contributed by atoms with Crippen LogP contribution in [0.4, 0.5) is 5.69 Å². The lowest BCUT2D eigenvalue weighted by Crippen LogP contribution is -2.41. The zero-order valence-electron chi connectivity index (χ0n) is 16.0. The van der Waals surface area contributed by atoms with Gasteiger partial charge in [-0.2, -0.15) is 0 Å². The standard InChI is InChI=1S/C19H24N2O6S/c1-25-12-11-20-19(22)14-21(15-7-5-4-6-8-15)28(23,24)18-10-9-16(26-2)13-17(18)27-3/h4-10,13H,11-12,14H2,1-3H3,(H,20,22). The molecule has 2 aromatic carbocycles. The summed E-state index contributed by atoms with van der Waals surface area (Å²) in [6.07, 6.45) is 0. The maximum atomic E-state index is 13.4. The fourth-order valence-corrected chi connectivity index (χ4v) is 4.06.